The van der Waals surface area contributed by atoms with E-state index in [9.17, 15) is 9.59 Å². The first-order chi connectivity index (χ1) is 16.5. The van der Waals surface area contributed by atoms with Crippen LogP contribution in [-0.2, 0) is 0 Å². The van der Waals surface area contributed by atoms with Crippen molar-refractivity contribution in [2.45, 2.75) is 6.42 Å². The average Bonchev–Trinajstić information content (AvgIpc) is 3.53. The SMILES string of the molecule is NC(=O)c1onc(-c2ccccc2Cl)c1C(=O)N1CC2CN(CC[CH]c3ccccc3)C[C@H]2C1. The maximum Gasteiger partial charge on any atom is 0.288 e. The Labute approximate surface area is 203 Å². The molecule has 1 unspecified atom stereocenters. The standard InChI is InChI=1S/C26H26ClN4O3/c27-21-11-5-4-10-20(21)23-22(24(25(28)32)34-29-23)26(33)31-15-18-13-30(14-19(18)16-31)12-6-9-17-7-2-1-3-8-17/h1-5,7-11,18-19H,6,12-16H2,(H2,28,32)/t18-,19?/m0/s1. The molecule has 2 aromatic carbocycles. The molecule has 0 spiro atoms. The topological polar surface area (TPSA) is 92.7 Å². The molecule has 1 aromatic heterocycles. The number of fused-ring (bicyclic) bond motifs is 1. The number of carbonyl (C=O) groups is 2. The van der Waals surface area contributed by atoms with Gasteiger partial charge in [-0.2, -0.15) is 0 Å². The van der Waals surface area contributed by atoms with Crippen LogP contribution < -0.4 is 5.73 Å². The predicted molar refractivity (Wildman–Crippen MR) is 129 cm³/mol. The van der Waals surface area contributed by atoms with Gasteiger partial charge in [0.1, 0.15) is 11.3 Å². The fraction of sp³-hybridized carbons (Fsp3) is 0.308. The zero-order chi connectivity index (χ0) is 23.7. The van der Waals surface area contributed by atoms with E-state index in [2.05, 4.69) is 28.6 Å². The number of rotatable bonds is 7. The van der Waals surface area contributed by atoms with Crippen LogP contribution in [0.3, 0.4) is 0 Å². The van der Waals surface area contributed by atoms with Gasteiger partial charge in [0.25, 0.3) is 11.8 Å². The molecule has 175 valence electrons. The molecule has 7 nitrogen and oxygen atoms in total. The van der Waals surface area contributed by atoms with Gasteiger partial charge < -0.3 is 20.1 Å². The van der Waals surface area contributed by atoms with E-state index >= 15 is 0 Å². The predicted octanol–water partition coefficient (Wildman–Crippen LogP) is 3.74. The normalized spacial score (nSPS) is 20.0. The molecule has 5 rings (SSSR count). The van der Waals surface area contributed by atoms with Crippen molar-refractivity contribution < 1.29 is 14.1 Å². The minimum Gasteiger partial charge on any atom is -0.363 e. The van der Waals surface area contributed by atoms with Crippen LogP contribution in [0.25, 0.3) is 11.3 Å². The first kappa shape index (κ1) is 22.6. The van der Waals surface area contributed by atoms with Crippen molar-refractivity contribution in [1.29, 1.82) is 0 Å². The second-order valence-corrected chi connectivity index (χ2v) is 9.38. The van der Waals surface area contributed by atoms with Crippen LogP contribution in [0.2, 0.25) is 5.02 Å². The Hall–Kier alpha value is -3.16. The Balaban J connectivity index is 1.25. The summed E-state index contributed by atoms with van der Waals surface area (Å²) in [4.78, 5) is 29.8. The summed E-state index contributed by atoms with van der Waals surface area (Å²) in [5.74, 6) is -0.532. The number of benzene rings is 2. The van der Waals surface area contributed by atoms with E-state index in [0.717, 1.165) is 26.1 Å². The van der Waals surface area contributed by atoms with Gasteiger partial charge in [-0.1, -0.05) is 65.3 Å². The molecular weight excluding hydrogens is 452 g/mol. The minimum atomic E-state index is -0.825. The van der Waals surface area contributed by atoms with Crippen LogP contribution in [0.4, 0.5) is 0 Å². The van der Waals surface area contributed by atoms with Gasteiger partial charge in [0, 0.05) is 31.7 Å². The molecule has 3 aromatic rings. The molecule has 2 saturated heterocycles. The van der Waals surface area contributed by atoms with E-state index < -0.39 is 5.91 Å². The minimum absolute atomic E-state index is 0.0925. The largest absolute Gasteiger partial charge is 0.363 e. The molecule has 3 heterocycles. The van der Waals surface area contributed by atoms with Crippen molar-refractivity contribution in [3.05, 3.63) is 82.9 Å². The van der Waals surface area contributed by atoms with E-state index in [1.54, 1.807) is 29.2 Å². The van der Waals surface area contributed by atoms with E-state index in [4.69, 9.17) is 21.9 Å². The molecule has 0 saturated carbocycles. The van der Waals surface area contributed by atoms with E-state index in [1.165, 1.54) is 5.56 Å². The van der Waals surface area contributed by atoms with Crippen molar-refractivity contribution >= 4 is 23.4 Å². The van der Waals surface area contributed by atoms with Crippen LogP contribution in [0.15, 0.2) is 59.1 Å². The fourth-order valence-corrected chi connectivity index (χ4v) is 5.32. The summed E-state index contributed by atoms with van der Waals surface area (Å²) in [6, 6.07) is 17.4. The number of nitrogens with two attached hydrogens (primary N) is 1. The van der Waals surface area contributed by atoms with Crippen LogP contribution in [0.5, 0.6) is 0 Å². The van der Waals surface area contributed by atoms with E-state index in [-0.39, 0.29) is 22.9 Å². The van der Waals surface area contributed by atoms with Gasteiger partial charge in [0.15, 0.2) is 0 Å². The molecule has 2 aliphatic rings. The highest BCUT2D eigenvalue weighted by molar-refractivity contribution is 6.33. The maximum atomic E-state index is 13.5. The third kappa shape index (κ3) is 4.45. The lowest BCUT2D eigenvalue weighted by molar-refractivity contribution is 0.0766. The molecule has 2 N–H and O–H groups in total. The summed E-state index contributed by atoms with van der Waals surface area (Å²) >= 11 is 6.33. The average molecular weight is 478 g/mol. The van der Waals surface area contributed by atoms with Crippen LogP contribution >= 0.6 is 11.6 Å². The Bertz CT molecular complexity index is 1180. The number of hydrogen-bond acceptors (Lipinski definition) is 5. The van der Waals surface area contributed by atoms with E-state index in [1.807, 2.05) is 18.2 Å². The lowest BCUT2D eigenvalue weighted by Crippen LogP contribution is -2.34. The molecular formula is C26H26ClN4O3. The van der Waals surface area contributed by atoms with Crippen molar-refractivity contribution in [3.8, 4) is 11.3 Å². The number of hydrogen-bond donors (Lipinski definition) is 1. The maximum absolute atomic E-state index is 13.5. The summed E-state index contributed by atoms with van der Waals surface area (Å²) in [5, 5.41) is 4.40. The molecule has 2 atom stereocenters. The van der Waals surface area contributed by atoms with Crippen LogP contribution in [-0.4, -0.2) is 59.5 Å². The van der Waals surface area contributed by atoms with Crippen molar-refractivity contribution in [2.75, 3.05) is 32.7 Å². The Morgan fingerprint density at radius 2 is 1.71 bits per heavy atom. The third-order valence-corrected chi connectivity index (χ3v) is 7.06. The summed E-state index contributed by atoms with van der Waals surface area (Å²) in [6.07, 6.45) is 3.26. The second-order valence-electron chi connectivity index (χ2n) is 8.97. The quantitative estimate of drug-likeness (QED) is 0.559. The first-order valence-electron chi connectivity index (χ1n) is 11.5. The van der Waals surface area contributed by atoms with Gasteiger partial charge in [-0.05, 0) is 42.9 Å². The highest BCUT2D eigenvalue weighted by Crippen LogP contribution is 2.36. The second kappa shape index (κ2) is 9.60. The van der Waals surface area contributed by atoms with Gasteiger partial charge in [0.05, 0.1) is 5.02 Å². The Morgan fingerprint density at radius 3 is 2.38 bits per heavy atom. The molecule has 8 heteroatoms. The summed E-state index contributed by atoms with van der Waals surface area (Å²) in [5.41, 5.74) is 7.61. The Morgan fingerprint density at radius 1 is 1.03 bits per heavy atom. The first-order valence-corrected chi connectivity index (χ1v) is 11.8. The van der Waals surface area contributed by atoms with Crippen LogP contribution in [0, 0.1) is 18.3 Å². The number of primary amides is 1. The van der Waals surface area contributed by atoms with Gasteiger partial charge in [-0.25, -0.2) is 0 Å². The van der Waals surface area contributed by atoms with Gasteiger partial charge in [-0.15, -0.1) is 0 Å². The smallest absolute Gasteiger partial charge is 0.288 e. The fourth-order valence-electron chi connectivity index (χ4n) is 5.09. The molecule has 2 fully saturated rings. The van der Waals surface area contributed by atoms with Crippen molar-refractivity contribution in [1.82, 2.24) is 15.0 Å². The summed E-state index contributed by atoms with van der Waals surface area (Å²) < 4.78 is 5.20. The van der Waals surface area contributed by atoms with Gasteiger partial charge >= 0.3 is 0 Å². The lowest BCUT2D eigenvalue weighted by Gasteiger charge is -2.21. The number of carbonyl (C=O) groups excluding carboxylic acids is 2. The number of amides is 2. The van der Waals surface area contributed by atoms with Crippen molar-refractivity contribution in [3.63, 3.8) is 0 Å². The van der Waals surface area contributed by atoms with Crippen LogP contribution in [0.1, 0.15) is 32.9 Å². The molecule has 34 heavy (non-hydrogen) atoms. The molecule has 0 aliphatic carbocycles. The number of nitrogens with zero attached hydrogens (tertiary/aromatic N) is 3. The Kier molecular flexibility index (Phi) is 6.39. The zero-order valence-electron chi connectivity index (χ0n) is 18.7. The summed E-state index contributed by atoms with van der Waals surface area (Å²) in [7, 11) is 0. The molecule has 1 radical (unpaired) electrons. The molecule has 0 bridgehead atoms. The number of likely N-dealkylation sites (tertiary alicyclic amines) is 2. The zero-order valence-corrected chi connectivity index (χ0v) is 19.4. The van der Waals surface area contributed by atoms with Crippen molar-refractivity contribution in [2.24, 2.45) is 17.6 Å². The molecule has 2 amide bonds. The number of aromatic nitrogens is 1. The van der Waals surface area contributed by atoms with Gasteiger partial charge in [-0.3, -0.25) is 9.59 Å². The van der Waals surface area contributed by atoms with E-state index in [0.29, 0.717) is 35.5 Å². The highest BCUT2D eigenvalue weighted by atomic mass is 35.5. The number of halogens is 1. The van der Waals surface area contributed by atoms with Gasteiger partial charge in [0.2, 0.25) is 5.76 Å². The molecule has 2 aliphatic heterocycles. The lowest BCUT2D eigenvalue weighted by atomic mass is 10.0. The third-order valence-electron chi connectivity index (χ3n) is 6.73. The summed E-state index contributed by atoms with van der Waals surface area (Å²) in [6.45, 7) is 4.19. The monoisotopic (exact) mass is 477 g/mol. The highest BCUT2D eigenvalue weighted by Gasteiger charge is 2.43.